The summed E-state index contributed by atoms with van der Waals surface area (Å²) in [6, 6.07) is 14.6. The molecule has 0 aromatic heterocycles. The Morgan fingerprint density at radius 2 is 1.04 bits per heavy atom. The summed E-state index contributed by atoms with van der Waals surface area (Å²) >= 11 is 20.0. The predicted molar refractivity (Wildman–Crippen MR) is 131 cm³/mol. The molecule has 0 spiro atoms. The Kier molecular flexibility index (Phi) is 5.78. The molecular formula is C18H8Br2N2O2S4. The molecule has 0 N–H and O–H groups in total. The molecular weight excluding hydrogens is 564 g/mol. The van der Waals surface area contributed by atoms with Crippen LogP contribution < -0.4 is 9.80 Å². The number of anilines is 2. The molecule has 4 rings (SSSR count). The van der Waals surface area contributed by atoms with Crippen LogP contribution in [0.2, 0.25) is 0 Å². The molecule has 140 valence electrons. The predicted octanol–water partition coefficient (Wildman–Crippen LogP) is 5.85. The number of carbonyl (C=O) groups excluding carboxylic acids is 2. The molecule has 0 atom stereocenters. The van der Waals surface area contributed by atoms with Crippen LogP contribution in [-0.2, 0) is 9.59 Å². The molecule has 2 heterocycles. The van der Waals surface area contributed by atoms with Gasteiger partial charge >= 0.3 is 0 Å². The molecule has 28 heavy (non-hydrogen) atoms. The minimum absolute atomic E-state index is 0.299. The maximum atomic E-state index is 13.1. The SMILES string of the molecule is O=C1/C(=C2\SC(=S)N(c3ccccc3Br)C2=O)SC(=S)N1c1ccccc1Br. The second-order valence-corrected chi connectivity index (χ2v) is 10.6. The summed E-state index contributed by atoms with van der Waals surface area (Å²) in [5.74, 6) is -0.649. The summed E-state index contributed by atoms with van der Waals surface area (Å²) in [4.78, 5) is 29.7. The summed E-state index contributed by atoms with van der Waals surface area (Å²) in [5, 5.41) is 0. The Labute approximate surface area is 197 Å². The van der Waals surface area contributed by atoms with Crippen LogP contribution in [-0.4, -0.2) is 20.5 Å². The fourth-order valence-corrected chi connectivity index (χ4v) is 6.34. The van der Waals surface area contributed by atoms with E-state index >= 15 is 0 Å². The lowest BCUT2D eigenvalue weighted by molar-refractivity contribution is -0.115. The lowest BCUT2D eigenvalue weighted by atomic mass is 10.2. The van der Waals surface area contributed by atoms with E-state index in [-0.39, 0.29) is 11.8 Å². The van der Waals surface area contributed by atoms with Crippen molar-refractivity contribution in [3.05, 3.63) is 67.3 Å². The van der Waals surface area contributed by atoms with E-state index in [1.54, 1.807) is 12.1 Å². The van der Waals surface area contributed by atoms with E-state index < -0.39 is 0 Å². The first-order valence-corrected chi connectivity index (χ1v) is 11.8. The van der Waals surface area contributed by atoms with E-state index in [9.17, 15) is 9.59 Å². The second-order valence-electron chi connectivity index (χ2n) is 5.58. The van der Waals surface area contributed by atoms with Crippen molar-refractivity contribution in [2.75, 3.05) is 9.80 Å². The van der Waals surface area contributed by atoms with Crippen molar-refractivity contribution < 1.29 is 9.59 Å². The fourth-order valence-electron chi connectivity index (χ4n) is 2.69. The Bertz CT molecular complexity index is 1020. The van der Waals surface area contributed by atoms with Crippen LogP contribution in [0.3, 0.4) is 0 Å². The third-order valence-corrected chi connectivity index (χ3v) is 8.15. The Morgan fingerprint density at radius 1 is 0.679 bits per heavy atom. The minimum Gasteiger partial charge on any atom is -0.268 e. The smallest absolute Gasteiger partial charge is 0.268 e. The van der Waals surface area contributed by atoms with Crippen molar-refractivity contribution >= 4 is 112 Å². The molecule has 2 amide bonds. The normalized spacial score (nSPS) is 19.9. The summed E-state index contributed by atoms with van der Waals surface area (Å²) < 4.78 is 2.23. The van der Waals surface area contributed by atoms with E-state index in [1.165, 1.54) is 9.80 Å². The van der Waals surface area contributed by atoms with Crippen LogP contribution >= 0.6 is 79.8 Å². The molecule has 0 aliphatic carbocycles. The van der Waals surface area contributed by atoms with Crippen LogP contribution in [0.1, 0.15) is 0 Å². The number of para-hydroxylation sites is 2. The molecule has 10 heteroatoms. The monoisotopic (exact) mass is 570 g/mol. The summed E-state index contributed by atoms with van der Waals surface area (Å²) in [6.07, 6.45) is 0. The maximum Gasteiger partial charge on any atom is 0.272 e. The van der Waals surface area contributed by atoms with Gasteiger partial charge in [0.05, 0.1) is 21.2 Å². The Morgan fingerprint density at radius 3 is 1.39 bits per heavy atom. The number of benzene rings is 2. The number of nitrogens with zero attached hydrogens (tertiary/aromatic N) is 2. The van der Waals surface area contributed by atoms with Crippen LogP contribution in [0.4, 0.5) is 11.4 Å². The zero-order chi connectivity index (χ0) is 20.0. The molecule has 0 bridgehead atoms. The number of carbonyl (C=O) groups is 2. The quantitative estimate of drug-likeness (QED) is 0.332. The fraction of sp³-hybridized carbons (Fsp3) is 0. The highest BCUT2D eigenvalue weighted by atomic mass is 79.9. The van der Waals surface area contributed by atoms with Gasteiger partial charge in [-0.2, -0.15) is 0 Å². The number of amides is 2. The molecule has 0 saturated carbocycles. The molecule has 2 saturated heterocycles. The zero-order valence-electron chi connectivity index (χ0n) is 13.7. The number of halogens is 2. The first-order chi connectivity index (χ1) is 13.4. The molecule has 4 nitrogen and oxygen atoms in total. The van der Waals surface area contributed by atoms with Crippen molar-refractivity contribution in [2.24, 2.45) is 0 Å². The minimum atomic E-state index is -0.325. The molecule has 2 fully saturated rings. The molecule has 2 aliphatic heterocycles. The summed E-state index contributed by atoms with van der Waals surface area (Å²) in [6.45, 7) is 0. The largest absolute Gasteiger partial charge is 0.272 e. The Balaban J connectivity index is 1.75. The number of hydrogen-bond donors (Lipinski definition) is 0. The number of hydrogen-bond acceptors (Lipinski definition) is 6. The number of rotatable bonds is 2. The van der Waals surface area contributed by atoms with Crippen LogP contribution in [0.5, 0.6) is 0 Å². The van der Waals surface area contributed by atoms with Gasteiger partial charge in [0.1, 0.15) is 0 Å². The molecule has 2 aromatic carbocycles. The second kappa shape index (κ2) is 8.00. The first kappa shape index (κ1) is 20.2. The lowest BCUT2D eigenvalue weighted by Crippen LogP contribution is -2.30. The van der Waals surface area contributed by atoms with E-state index in [1.807, 2.05) is 36.4 Å². The summed E-state index contributed by atoms with van der Waals surface area (Å²) in [7, 11) is 0. The van der Waals surface area contributed by atoms with Gasteiger partial charge in [0, 0.05) is 8.95 Å². The average molecular weight is 572 g/mol. The highest BCUT2D eigenvalue weighted by Gasteiger charge is 2.43. The van der Waals surface area contributed by atoms with Gasteiger partial charge in [-0.3, -0.25) is 19.4 Å². The van der Waals surface area contributed by atoms with Crippen LogP contribution in [0.25, 0.3) is 0 Å². The molecule has 2 aromatic rings. The third kappa shape index (κ3) is 3.40. The van der Waals surface area contributed by atoms with E-state index in [0.29, 0.717) is 29.8 Å². The maximum absolute atomic E-state index is 13.1. The average Bonchev–Trinajstić information content (AvgIpc) is 3.12. The van der Waals surface area contributed by atoms with Crippen molar-refractivity contribution in [2.45, 2.75) is 0 Å². The molecule has 0 radical (unpaired) electrons. The van der Waals surface area contributed by atoms with Crippen molar-refractivity contribution in [1.29, 1.82) is 0 Å². The van der Waals surface area contributed by atoms with Gasteiger partial charge in [-0.25, -0.2) is 0 Å². The van der Waals surface area contributed by atoms with Crippen molar-refractivity contribution in [3.63, 3.8) is 0 Å². The Hall–Kier alpha value is -1.04. The van der Waals surface area contributed by atoms with E-state index in [0.717, 1.165) is 32.5 Å². The molecule has 2 aliphatic rings. The van der Waals surface area contributed by atoms with Crippen molar-refractivity contribution in [3.8, 4) is 0 Å². The van der Waals surface area contributed by atoms with Gasteiger partial charge in [-0.05, 0) is 56.1 Å². The van der Waals surface area contributed by atoms with Gasteiger partial charge in [0.15, 0.2) is 8.64 Å². The van der Waals surface area contributed by atoms with E-state index in [2.05, 4.69) is 31.9 Å². The topological polar surface area (TPSA) is 40.6 Å². The van der Waals surface area contributed by atoms with Gasteiger partial charge in [-0.15, -0.1) is 0 Å². The number of thiocarbonyl (C=S) groups is 2. The van der Waals surface area contributed by atoms with Crippen LogP contribution in [0.15, 0.2) is 67.3 Å². The number of thioether (sulfide) groups is 2. The van der Waals surface area contributed by atoms with Gasteiger partial charge in [0.25, 0.3) is 11.8 Å². The highest BCUT2D eigenvalue weighted by Crippen LogP contribution is 2.46. The summed E-state index contributed by atoms with van der Waals surface area (Å²) in [5.41, 5.74) is 1.28. The van der Waals surface area contributed by atoms with Gasteiger partial charge < -0.3 is 0 Å². The zero-order valence-corrected chi connectivity index (χ0v) is 20.2. The van der Waals surface area contributed by atoms with Gasteiger partial charge in [0.2, 0.25) is 0 Å². The first-order valence-electron chi connectivity index (χ1n) is 7.76. The van der Waals surface area contributed by atoms with Gasteiger partial charge in [-0.1, -0.05) is 72.2 Å². The van der Waals surface area contributed by atoms with E-state index in [4.69, 9.17) is 24.4 Å². The highest BCUT2D eigenvalue weighted by molar-refractivity contribution is 9.11. The van der Waals surface area contributed by atoms with Crippen LogP contribution in [0, 0.1) is 0 Å². The molecule has 0 unspecified atom stereocenters. The third-order valence-electron chi connectivity index (χ3n) is 3.93. The standard InChI is InChI=1S/C18H8Br2N2O2S4/c19-9-5-1-3-7-11(9)21-15(23)13(27-17(21)25)14-16(24)22(18(26)28-14)12-8-4-2-6-10(12)20/h1-8H/b14-13+. The lowest BCUT2D eigenvalue weighted by Gasteiger charge is -2.16. The van der Waals surface area contributed by atoms with Crippen molar-refractivity contribution in [1.82, 2.24) is 0 Å².